The van der Waals surface area contributed by atoms with E-state index >= 15 is 0 Å². The molecule has 0 aliphatic rings. The van der Waals surface area contributed by atoms with E-state index in [1.54, 1.807) is 60.7 Å². The number of carbonyl (C=O) groups excluding carboxylic acids is 1. The molecule has 0 heterocycles. The third kappa shape index (κ3) is 3.46. The first-order valence-electron chi connectivity index (χ1n) is 5.71. The fraction of sp³-hybridized carbons (Fsp3) is 0.0714. The Morgan fingerprint density at radius 2 is 1.21 bits per heavy atom. The molecule has 0 atom stereocenters. The topological polar surface area (TPSA) is 52.6 Å². The van der Waals surface area contributed by atoms with Crippen LogP contribution in [0.5, 0.6) is 11.5 Å². The summed E-state index contributed by atoms with van der Waals surface area (Å²) >= 11 is 0. The zero-order chi connectivity index (χ0) is 13.7. The minimum absolute atomic E-state index is 0.331. The largest absolute Gasteiger partial charge is 0.498 e. The molecule has 0 aliphatic heterocycles. The van der Waals surface area contributed by atoms with Gasteiger partial charge in [-0.05, 0) is 24.3 Å². The summed E-state index contributed by atoms with van der Waals surface area (Å²) in [7, 11) is -3.87. The number of rotatable bonds is 5. The van der Waals surface area contributed by atoms with E-state index in [2.05, 4.69) is 0 Å². The molecule has 0 fully saturated rings. The molecule has 0 aromatic heterocycles. The average molecular weight is 276 g/mol. The molecule has 2 aromatic carbocycles. The van der Waals surface area contributed by atoms with E-state index < -0.39 is 13.1 Å². The van der Waals surface area contributed by atoms with Gasteiger partial charge in [-0.25, -0.2) is 4.57 Å². The standard InChI is InChI=1S/C14H13O4P/c1-12(15)19(16,17-13-8-4-2-5-9-13)18-14-10-6-3-7-11-14/h2-11H,1H3. The van der Waals surface area contributed by atoms with Gasteiger partial charge in [-0.3, -0.25) is 4.79 Å². The molecule has 98 valence electrons. The summed E-state index contributed by atoms with van der Waals surface area (Å²) in [4.78, 5) is 11.6. The lowest BCUT2D eigenvalue weighted by molar-refractivity contribution is -0.111. The molecular weight excluding hydrogens is 263 g/mol. The van der Waals surface area contributed by atoms with E-state index in [4.69, 9.17) is 9.05 Å². The molecule has 2 aromatic rings. The lowest BCUT2D eigenvalue weighted by atomic mass is 10.3. The summed E-state index contributed by atoms with van der Waals surface area (Å²) in [6, 6.07) is 16.9. The molecule has 5 heteroatoms. The van der Waals surface area contributed by atoms with Crippen molar-refractivity contribution >= 4 is 13.1 Å². The van der Waals surface area contributed by atoms with Crippen LogP contribution in [0.15, 0.2) is 60.7 Å². The number of hydrogen-bond donors (Lipinski definition) is 0. The van der Waals surface area contributed by atoms with Gasteiger partial charge in [0.05, 0.1) is 0 Å². The van der Waals surface area contributed by atoms with Crippen molar-refractivity contribution in [2.75, 3.05) is 0 Å². The Hall–Kier alpha value is -2.06. The number of hydrogen-bond acceptors (Lipinski definition) is 4. The van der Waals surface area contributed by atoms with Gasteiger partial charge in [0, 0.05) is 6.92 Å². The highest BCUT2D eigenvalue weighted by Gasteiger charge is 2.34. The molecule has 2 rings (SSSR count). The van der Waals surface area contributed by atoms with Gasteiger partial charge in [0.25, 0.3) is 5.52 Å². The molecule has 0 saturated carbocycles. The number of benzene rings is 2. The number of carbonyl (C=O) groups is 1. The second-order valence-electron chi connectivity index (χ2n) is 3.83. The lowest BCUT2D eigenvalue weighted by Gasteiger charge is -2.17. The predicted molar refractivity (Wildman–Crippen MR) is 72.4 cm³/mol. The SMILES string of the molecule is CC(=O)P(=O)(Oc1ccccc1)Oc1ccccc1. The van der Waals surface area contributed by atoms with Gasteiger partial charge < -0.3 is 9.05 Å². The molecule has 0 spiro atoms. The zero-order valence-electron chi connectivity index (χ0n) is 10.4. The summed E-state index contributed by atoms with van der Waals surface area (Å²) < 4.78 is 23.0. The van der Waals surface area contributed by atoms with Crippen LogP contribution in [0, 0.1) is 0 Å². The van der Waals surface area contributed by atoms with E-state index in [1.165, 1.54) is 6.92 Å². The van der Waals surface area contributed by atoms with E-state index in [1.807, 2.05) is 0 Å². The van der Waals surface area contributed by atoms with Crippen molar-refractivity contribution in [3.63, 3.8) is 0 Å². The zero-order valence-corrected chi connectivity index (χ0v) is 11.2. The molecule has 0 amide bonds. The van der Waals surface area contributed by atoms with Crippen molar-refractivity contribution in [3.05, 3.63) is 60.7 Å². The molecule has 19 heavy (non-hydrogen) atoms. The van der Waals surface area contributed by atoms with Crippen molar-refractivity contribution in [3.8, 4) is 11.5 Å². The Labute approximate surface area is 111 Å². The van der Waals surface area contributed by atoms with Gasteiger partial charge in [0.1, 0.15) is 11.5 Å². The quantitative estimate of drug-likeness (QED) is 0.777. The fourth-order valence-electron chi connectivity index (χ4n) is 1.39. The van der Waals surface area contributed by atoms with Gasteiger partial charge >= 0.3 is 7.60 Å². The second-order valence-corrected chi connectivity index (χ2v) is 5.82. The van der Waals surface area contributed by atoms with E-state index in [0.29, 0.717) is 11.5 Å². The van der Waals surface area contributed by atoms with Crippen molar-refractivity contribution in [1.29, 1.82) is 0 Å². The molecule has 0 aliphatic carbocycles. The van der Waals surface area contributed by atoms with Crippen LogP contribution in [0.4, 0.5) is 0 Å². The van der Waals surface area contributed by atoms with Gasteiger partial charge in [0.2, 0.25) is 0 Å². The van der Waals surface area contributed by atoms with Crippen molar-refractivity contribution in [1.82, 2.24) is 0 Å². The normalized spacial score (nSPS) is 10.8. The van der Waals surface area contributed by atoms with Crippen LogP contribution in [-0.4, -0.2) is 5.52 Å². The molecular formula is C14H13O4P. The van der Waals surface area contributed by atoms with Crippen LogP contribution in [0.2, 0.25) is 0 Å². The van der Waals surface area contributed by atoms with Gasteiger partial charge in [-0.2, -0.15) is 0 Å². The molecule has 0 unspecified atom stereocenters. The predicted octanol–water partition coefficient (Wildman–Crippen LogP) is 3.88. The Bertz CT molecular complexity index is 550. The first kappa shape index (κ1) is 13.4. The molecule has 0 saturated heterocycles. The summed E-state index contributed by atoms with van der Waals surface area (Å²) in [6.07, 6.45) is 0. The summed E-state index contributed by atoms with van der Waals surface area (Å²) in [5, 5.41) is 0. The molecule has 0 N–H and O–H groups in total. The van der Waals surface area contributed by atoms with Crippen LogP contribution in [-0.2, 0) is 9.36 Å². The average Bonchev–Trinajstić information content (AvgIpc) is 2.40. The van der Waals surface area contributed by atoms with Gasteiger partial charge in [0.15, 0.2) is 0 Å². The van der Waals surface area contributed by atoms with Crippen molar-refractivity contribution in [2.24, 2.45) is 0 Å². The summed E-state index contributed by atoms with van der Waals surface area (Å²) in [6.45, 7) is 1.19. The number of para-hydroxylation sites is 2. The van der Waals surface area contributed by atoms with Gasteiger partial charge in [-0.1, -0.05) is 36.4 Å². The Morgan fingerprint density at radius 1 is 0.842 bits per heavy atom. The minimum Gasteiger partial charge on any atom is -0.411 e. The highest BCUT2D eigenvalue weighted by atomic mass is 31.2. The fourth-order valence-corrected chi connectivity index (χ4v) is 2.48. The van der Waals surface area contributed by atoms with Crippen LogP contribution in [0.3, 0.4) is 0 Å². The second kappa shape index (κ2) is 5.72. The summed E-state index contributed by atoms with van der Waals surface area (Å²) in [5.41, 5.74) is -0.639. The van der Waals surface area contributed by atoms with Crippen LogP contribution < -0.4 is 9.05 Å². The molecule has 0 bridgehead atoms. The third-order valence-electron chi connectivity index (χ3n) is 2.32. The van der Waals surface area contributed by atoms with Crippen LogP contribution >= 0.6 is 7.60 Å². The monoisotopic (exact) mass is 276 g/mol. The highest BCUT2D eigenvalue weighted by molar-refractivity contribution is 7.72. The Balaban J connectivity index is 2.24. The smallest absolute Gasteiger partial charge is 0.411 e. The van der Waals surface area contributed by atoms with Gasteiger partial charge in [-0.15, -0.1) is 0 Å². The lowest BCUT2D eigenvalue weighted by Crippen LogP contribution is -2.08. The van der Waals surface area contributed by atoms with E-state index in [0.717, 1.165) is 0 Å². The van der Waals surface area contributed by atoms with Crippen LogP contribution in [0.25, 0.3) is 0 Å². The van der Waals surface area contributed by atoms with Crippen molar-refractivity contribution in [2.45, 2.75) is 6.92 Å². The minimum atomic E-state index is -3.87. The summed E-state index contributed by atoms with van der Waals surface area (Å²) in [5.74, 6) is 0.661. The van der Waals surface area contributed by atoms with Crippen molar-refractivity contribution < 1.29 is 18.4 Å². The highest BCUT2D eigenvalue weighted by Crippen LogP contribution is 2.48. The molecule has 0 radical (unpaired) electrons. The first-order valence-corrected chi connectivity index (χ1v) is 7.25. The molecule has 4 nitrogen and oxygen atoms in total. The first-order chi connectivity index (χ1) is 9.10. The maximum atomic E-state index is 12.5. The maximum absolute atomic E-state index is 12.5. The van der Waals surface area contributed by atoms with E-state index in [9.17, 15) is 9.36 Å². The Kier molecular flexibility index (Phi) is 4.03. The Morgan fingerprint density at radius 3 is 1.53 bits per heavy atom. The third-order valence-corrected chi connectivity index (χ3v) is 4.00. The van der Waals surface area contributed by atoms with Crippen LogP contribution in [0.1, 0.15) is 6.92 Å². The van der Waals surface area contributed by atoms with E-state index in [-0.39, 0.29) is 0 Å². The maximum Gasteiger partial charge on any atom is 0.498 e.